The van der Waals surface area contributed by atoms with Crippen molar-refractivity contribution >= 4 is 21.1 Å². The van der Waals surface area contributed by atoms with Gasteiger partial charge in [0.1, 0.15) is 41.5 Å². The van der Waals surface area contributed by atoms with Gasteiger partial charge in [0.05, 0.1) is 6.61 Å². The number of benzene rings is 1. The number of aryl methyl sites for hydroxylation is 1. The van der Waals surface area contributed by atoms with E-state index in [0.29, 0.717) is 0 Å². The first-order valence-corrected chi connectivity index (χ1v) is 10.1. The Hall–Kier alpha value is -2.06. The zero-order valence-electron chi connectivity index (χ0n) is 15.1. The van der Waals surface area contributed by atoms with Crippen LogP contribution in [0.25, 0.3) is 11.0 Å². The van der Waals surface area contributed by atoms with Crippen LogP contribution in [0.15, 0.2) is 27.4 Å². The molecule has 5 atom stereocenters. The lowest BCUT2D eigenvalue weighted by atomic mass is 9.99. The molecule has 3 rings (SSSR count). The van der Waals surface area contributed by atoms with Crippen molar-refractivity contribution in [3.05, 3.63) is 39.7 Å². The molecule has 0 amide bonds. The summed E-state index contributed by atoms with van der Waals surface area (Å²) in [4.78, 5) is 11.8. The molecule has 1 aromatic heterocycles. The highest BCUT2D eigenvalue weighted by Gasteiger charge is 2.44. The molecule has 2 heterocycles. The molecule has 1 aliphatic heterocycles. The zero-order valence-corrected chi connectivity index (χ0v) is 15.9. The van der Waals surface area contributed by atoms with Gasteiger partial charge in [0.25, 0.3) is 10.1 Å². The largest absolute Gasteiger partial charge is 0.462 e. The highest BCUT2D eigenvalue weighted by molar-refractivity contribution is 7.85. The van der Waals surface area contributed by atoms with Gasteiger partial charge in [-0.15, -0.1) is 0 Å². The summed E-state index contributed by atoms with van der Waals surface area (Å²) in [7, 11) is -4.40. The van der Waals surface area contributed by atoms with E-state index in [1.54, 1.807) is 0 Å². The Morgan fingerprint density at radius 1 is 1.14 bits per heavy atom. The maximum absolute atomic E-state index is 11.8. The van der Waals surface area contributed by atoms with Gasteiger partial charge in [-0.2, -0.15) is 8.42 Å². The van der Waals surface area contributed by atoms with E-state index in [2.05, 4.69) is 0 Å². The van der Waals surface area contributed by atoms with Crippen LogP contribution < -0.4 is 10.4 Å². The lowest BCUT2D eigenvalue weighted by Crippen LogP contribution is -2.60. The Labute approximate surface area is 164 Å². The lowest BCUT2D eigenvalue weighted by molar-refractivity contribution is -0.277. The highest BCUT2D eigenvalue weighted by atomic mass is 32.2. The van der Waals surface area contributed by atoms with Gasteiger partial charge in [0, 0.05) is 17.0 Å². The van der Waals surface area contributed by atoms with Crippen molar-refractivity contribution in [2.24, 2.45) is 0 Å². The third-order valence-corrected chi connectivity index (χ3v) is 5.30. The predicted molar refractivity (Wildman–Crippen MR) is 96.9 cm³/mol. The molecule has 160 valence electrons. The second kappa shape index (κ2) is 7.99. The summed E-state index contributed by atoms with van der Waals surface area (Å²) >= 11 is 0. The van der Waals surface area contributed by atoms with Gasteiger partial charge in [-0.3, -0.25) is 4.55 Å². The Kier molecular flexibility index (Phi) is 5.96. The number of aliphatic hydroxyl groups excluding tert-OH is 4. The molecule has 0 aliphatic carbocycles. The number of hydrogen-bond acceptors (Lipinski definition) is 10. The molecule has 2 unspecified atom stereocenters. The van der Waals surface area contributed by atoms with Gasteiger partial charge in [0.2, 0.25) is 6.29 Å². The van der Waals surface area contributed by atoms with E-state index < -0.39 is 58.8 Å². The SMILES string of the molecule is Cc1c(O[C@@H]2OC(CO)[C@@H](O)C(O)[C@@H]2O)ccc2c(CS(=O)(=O)O)cc(=O)oc12. The van der Waals surface area contributed by atoms with Crippen molar-refractivity contribution in [3.8, 4) is 5.75 Å². The summed E-state index contributed by atoms with van der Waals surface area (Å²) < 4.78 is 47.5. The minimum Gasteiger partial charge on any atom is -0.462 e. The second-order valence-corrected chi connectivity index (χ2v) is 8.15. The molecular weight excluding hydrogens is 412 g/mol. The van der Waals surface area contributed by atoms with Crippen LogP contribution in [0.3, 0.4) is 0 Å². The summed E-state index contributed by atoms with van der Waals surface area (Å²) in [6, 6.07) is 3.74. The first-order chi connectivity index (χ1) is 13.5. The molecule has 12 heteroatoms. The Balaban J connectivity index is 1.99. The molecule has 1 fully saturated rings. The topological polar surface area (TPSA) is 184 Å². The highest BCUT2D eigenvalue weighted by Crippen LogP contribution is 2.32. The normalized spacial score (nSPS) is 27.9. The van der Waals surface area contributed by atoms with Crippen LogP contribution in [0.1, 0.15) is 11.1 Å². The molecule has 2 aromatic rings. The number of ether oxygens (including phenoxy) is 2. The van der Waals surface area contributed by atoms with E-state index in [0.717, 1.165) is 6.07 Å². The Bertz CT molecular complexity index is 1060. The fourth-order valence-corrected chi connectivity index (χ4v) is 3.77. The van der Waals surface area contributed by atoms with Gasteiger partial charge in [-0.1, -0.05) is 0 Å². The molecular formula is C17H20O11S. The summed E-state index contributed by atoms with van der Waals surface area (Å²) in [5, 5.41) is 39.3. The molecule has 0 bridgehead atoms. The minimum atomic E-state index is -4.40. The van der Waals surface area contributed by atoms with Crippen molar-refractivity contribution in [1.29, 1.82) is 0 Å². The van der Waals surface area contributed by atoms with Crippen LogP contribution in [0.5, 0.6) is 5.75 Å². The van der Waals surface area contributed by atoms with E-state index in [9.17, 15) is 33.6 Å². The van der Waals surface area contributed by atoms with Crippen molar-refractivity contribution in [2.45, 2.75) is 43.4 Å². The monoisotopic (exact) mass is 432 g/mol. The summed E-state index contributed by atoms with van der Waals surface area (Å²) in [5.41, 5.74) is -0.558. The lowest BCUT2D eigenvalue weighted by Gasteiger charge is -2.39. The molecule has 0 radical (unpaired) electrons. The van der Waals surface area contributed by atoms with E-state index >= 15 is 0 Å². The summed E-state index contributed by atoms with van der Waals surface area (Å²) in [6.07, 6.45) is -7.44. The number of rotatable bonds is 5. The fraction of sp³-hybridized carbons (Fsp3) is 0.471. The van der Waals surface area contributed by atoms with Crippen LogP contribution in [-0.4, -0.2) is 70.7 Å². The number of aliphatic hydroxyl groups is 4. The average Bonchev–Trinajstić information content (AvgIpc) is 2.63. The predicted octanol–water partition coefficient (Wildman–Crippen LogP) is -1.33. The third kappa shape index (κ3) is 4.43. The van der Waals surface area contributed by atoms with E-state index in [-0.39, 0.29) is 27.8 Å². The fourth-order valence-electron chi connectivity index (χ4n) is 3.14. The third-order valence-electron chi connectivity index (χ3n) is 4.63. The molecule has 1 saturated heterocycles. The zero-order chi connectivity index (χ0) is 21.5. The summed E-state index contributed by atoms with van der Waals surface area (Å²) in [6.45, 7) is 0.872. The first-order valence-electron chi connectivity index (χ1n) is 8.50. The molecule has 0 saturated carbocycles. The Morgan fingerprint density at radius 3 is 2.45 bits per heavy atom. The van der Waals surface area contributed by atoms with Crippen LogP contribution in [0.2, 0.25) is 0 Å². The molecule has 29 heavy (non-hydrogen) atoms. The maximum atomic E-state index is 11.8. The molecule has 11 nitrogen and oxygen atoms in total. The van der Waals surface area contributed by atoms with Gasteiger partial charge in [-0.25, -0.2) is 4.79 Å². The van der Waals surface area contributed by atoms with Gasteiger partial charge in [0.15, 0.2) is 0 Å². The van der Waals surface area contributed by atoms with Crippen LogP contribution >= 0.6 is 0 Å². The molecule has 1 aromatic carbocycles. The quantitative estimate of drug-likeness (QED) is 0.278. The van der Waals surface area contributed by atoms with E-state index in [4.69, 9.17) is 18.4 Å². The van der Waals surface area contributed by atoms with E-state index in [1.807, 2.05) is 0 Å². The van der Waals surface area contributed by atoms with E-state index in [1.165, 1.54) is 19.1 Å². The van der Waals surface area contributed by atoms with Crippen LogP contribution in [0, 0.1) is 6.92 Å². The van der Waals surface area contributed by atoms with Gasteiger partial charge in [-0.05, 0) is 24.6 Å². The van der Waals surface area contributed by atoms with Gasteiger partial charge >= 0.3 is 5.63 Å². The smallest absolute Gasteiger partial charge is 0.336 e. The molecule has 1 aliphatic rings. The number of fused-ring (bicyclic) bond motifs is 1. The Morgan fingerprint density at radius 2 is 1.83 bits per heavy atom. The van der Waals surface area contributed by atoms with Crippen molar-refractivity contribution < 1.29 is 47.3 Å². The second-order valence-electron chi connectivity index (χ2n) is 6.70. The molecule has 5 N–H and O–H groups in total. The average molecular weight is 432 g/mol. The van der Waals surface area contributed by atoms with Crippen LogP contribution in [0.4, 0.5) is 0 Å². The standard InChI is InChI=1S/C17H20O11S/c1-7-10(26-17-15(22)14(21)13(20)11(5-18)27-17)3-2-9-8(6-29(23,24)25)4-12(19)28-16(7)9/h2-4,11,13-15,17-18,20-22H,5-6H2,1H3,(H,23,24,25)/t11?,13-,14?,15+,17-/m1/s1. The van der Waals surface area contributed by atoms with Crippen molar-refractivity contribution in [2.75, 3.05) is 6.61 Å². The summed E-state index contributed by atoms with van der Waals surface area (Å²) in [5.74, 6) is -0.712. The minimum absolute atomic E-state index is 0.00163. The number of hydrogen-bond donors (Lipinski definition) is 5. The molecule has 0 spiro atoms. The first kappa shape index (κ1) is 21.6. The van der Waals surface area contributed by atoms with Crippen molar-refractivity contribution in [3.63, 3.8) is 0 Å². The van der Waals surface area contributed by atoms with Crippen molar-refractivity contribution in [1.82, 2.24) is 0 Å². The maximum Gasteiger partial charge on any atom is 0.336 e. The van der Waals surface area contributed by atoms with Gasteiger partial charge < -0.3 is 34.3 Å². The van der Waals surface area contributed by atoms with Crippen LogP contribution in [-0.2, 0) is 20.6 Å².